The van der Waals surface area contributed by atoms with E-state index < -0.39 is 92.9 Å². The molecule has 24 heteroatoms. The maximum Gasteiger partial charge on any atom is 0.301 e. The lowest BCUT2D eigenvalue weighted by molar-refractivity contribution is -0.144. The van der Waals surface area contributed by atoms with Crippen LogP contribution in [0.4, 0.5) is 18.9 Å². The van der Waals surface area contributed by atoms with Gasteiger partial charge < -0.3 is 44.6 Å². The number of hydrogen-bond acceptors (Lipinski definition) is 14. The van der Waals surface area contributed by atoms with Crippen LogP contribution in [0.5, 0.6) is 5.75 Å². The predicted molar refractivity (Wildman–Crippen MR) is 285 cm³/mol. The Morgan fingerprint density at radius 3 is 2.26 bits per heavy atom. The zero-order valence-corrected chi connectivity index (χ0v) is 45.0. The number of nitrogens with one attached hydrogen (secondary N) is 4. The highest BCUT2D eigenvalue weighted by Crippen LogP contribution is 2.32. The van der Waals surface area contributed by atoms with E-state index in [2.05, 4.69) is 25.6 Å². The smallest absolute Gasteiger partial charge is 0.301 e. The van der Waals surface area contributed by atoms with E-state index in [0.717, 1.165) is 38.1 Å². The van der Waals surface area contributed by atoms with E-state index >= 15 is 8.78 Å². The second-order valence-corrected chi connectivity index (χ2v) is 22.4. The Kier molecular flexibility index (Phi) is 18.6. The molecule has 4 atom stereocenters. The third-order valence-electron chi connectivity index (χ3n) is 13.1. The predicted octanol–water partition coefficient (Wildman–Crippen LogP) is 6.11. The molecule has 19 nitrogen and oxygen atoms in total. The normalized spacial score (nSPS) is 17.3. The molecule has 0 unspecified atom stereocenters. The highest BCUT2D eigenvalue weighted by Gasteiger charge is 2.44. The number of fused-ring (bicyclic) bond motifs is 1. The number of nitrogens with zero attached hydrogens (tertiary/aromatic N) is 4. The van der Waals surface area contributed by atoms with E-state index in [-0.39, 0.29) is 95.3 Å². The van der Waals surface area contributed by atoms with E-state index in [9.17, 15) is 37.1 Å². The number of aromatic nitrogens is 3. The van der Waals surface area contributed by atoms with Gasteiger partial charge in [-0.2, -0.15) is 12.7 Å². The molecule has 2 fully saturated rings. The largest absolute Gasteiger partial charge is 0.491 e. The first-order valence-corrected chi connectivity index (χ1v) is 27.5. The molecular formula is C54H61F3N8O11S2. The number of thiazole rings is 1. The highest BCUT2D eigenvalue weighted by atomic mass is 32.2. The van der Waals surface area contributed by atoms with E-state index in [1.807, 2.05) is 35.9 Å². The molecule has 8 rings (SSSR count). The van der Waals surface area contributed by atoms with Crippen molar-refractivity contribution in [2.24, 2.45) is 5.41 Å². The average molecular weight is 1120 g/mol. The average Bonchev–Trinajstić information content (AvgIpc) is 4.27. The Hall–Kier alpha value is -6.80. The second-order valence-electron chi connectivity index (χ2n) is 19.9. The second kappa shape index (κ2) is 25.3. The minimum Gasteiger partial charge on any atom is -0.491 e. The first-order valence-electron chi connectivity index (χ1n) is 25.2. The number of alkyl halides is 1. The number of amides is 3. The molecule has 3 aromatic carbocycles. The molecule has 2 aliphatic rings. The van der Waals surface area contributed by atoms with Gasteiger partial charge in [0, 0.05) is 61.5 Å². The van der Waals surface area contributed by atoms with Crippen molar-refractivity contribution in [3.63, 3.8) is 0 Å². The van der Waals surface area contributed by atoms with Crippen LogP contribution in [0.3, 0.4) is 0 Å². The fourth-order valence-electron chi connectivity index (χ4n) is 8.98. The maximum absolute atomic E-state index is 15.7. The van der Waals surface area contributed by atoms with Crippen molar-refractivity contribution < 1.29 is 64.8 Å². The van der Waals surface area contributed by atoms with Crippen molar-refractivity contribution in [3.05, 3.63) is 119 Å². The van der Waals surface area contributed by atoms with Crippen LogP contribution in [0.25, 0.3) is 32.6 Å². The van der Waals surface area contributed by atoms with E-state index in [0.29, 0.717) is 16.9 Å². The lowest BCUT2D eigenvalue weighted by Crippen LogP contribution is -2.58. The summed E-state index contributed by atoms with van der Waals surface area (Å²) in [5.74, 6) is -4.55. The van der Waals surface area contributed by atoms with Crippen LogP contribution in [-0.2, 0) is 45.3 Å². The molecule has 0 radical (unpaired) electrons. The Morgan fingerprint density at radius 2 is 1.59 bits per heavy atom. The number of anilines is 1. The molecule has 3 aromatic heterocycles. The van der Waals surface area contributed by atoms with Crippen LogP contribution in [0.15, 0.2) is 84.6 Å². The Bertz CT molecular complexity index is 3210. The van der Waals surface area contributed by atoms with Gasteiger partial charge in [-0.1, -0.05) is 57.2 Å². The number of ketones is 1. The monoisotopic (exact) mass is 1120 g/mol. The summed E-state index contributed by atoms with van der Waals surface area (Å²) in [6, 6.07) is 16.1. The van der Waals surface area contributed by atoms with Crippen molar-refractivity contribution >= 4 is 61.8 Å². The molecule has 5 N–H and O–H groups in total. The molecule has 0 saturated carbocycles. The number of aryl methyl sites for hydroxylation is 1. The molecule has 78 heavy (non-hydrogen) atoms. The number of aromatic amines is 1. The molecule has 6 aromatic rings. The molecule has 5 heterocycles. The number of carbonyl (C=O) groups is 4. The first kappa shape index (κ1) is 57.4. The number of pyridine rings is 1. The van der Waals surface area contributed by atoms with Gasteiger partial charge in [0.1, 0.15) is 48.7 Å². The van der Waals surface area contributed by atoms with Crippen molar-refractivity contribution in [1.29, 1.82) is 0 Å². The first-order chi connectivity index (χ1) is 37.3. The summed E-state index contributed by atoms with van der Waals surface area (Å²) in [7, 11) is -4.38. The van der Waals surface area contributed by atoms with Crippen LogP contribution in [0, 0.1) is 24.0 Å². The quantitative estimate of drug-likeness (QED) is 0.0340. The number of carbonyl (C=O) groups excluding carboxylic acids is 4. The van der Waals surface area contributed by atoms with Crippen LogP contribution < -0.4 is 20.1 Å². The number of aliphatic hydroxyl groups excluding tert-OH is 1. The number of likely N-dealkylation sites (tertiary alicyclic amines) is 1. The van der Waals surface area contributed by atoms with Gasteiger partial charge in [-0.05, 0) is 65.8 Å². The summed E-state index contributed by atoms with van der Waals surface area (Å²) in [5.41, 5.74) is 3.70. The summed E-state index contributed by atoms with van der Waals surface area (Å²) >= 11 is 1.55. The molecule has 0 spiro atoms. The van der Waals surface area contributed by atoms with Crippen LogP contribution in [-0.4, -0.2) is 151 Å². The zero-order chi connectivity index (χ0) is 55.7. The van der Waals surface area contributed by atoms with Gasteiger partial charge in [0.2, 0.25) is 23.5 Å². The van der Waals surface area contributed by atoms with Crippen molar-refractivity contribution in [1.82, 2.24) is 34.8 Å². The molecule has 0 aliphatic carbocycles. The third-order valence-corrected chi connectivity index (χ3v) is 15.6. The molecular weight excluding hydrogens is 1060 g/mol. The SMILES string of the molecule is Cc1ncsc1-c1ccc(CNC(=O)[C@@H]2C[C@@H](O)CN2C(=O)[C@@H](NC(=O)COCCOCCOCCOc2ccc(-c3cnc4[nH]cc(C(=O)c5c(F)ccc(NS(=O)(=O)N6CC[C@@H](F)C6)c5F)c4c3)cc2)C(C)(C)C)cc1. The molecule has 0 bridgehead atoms. The number of halogens is 3. The van der Waals surface area contributed by atoms with Gasteiger partial charge in [-0.25, -0.2) is 23.1 Å². The van der Waals surface area contributed by atoms with Gasteiger partial charge >= 0.3 is 10.2 Å². The van der Waals surface area contributed by atoms with Crippen LogP contribution >= 0.6 is 11.3 Å². The van der Waals surface area contributed by atoms with Gasteiger partial charge in [-0.15, -0.1) is 11.3 Å². The van der Waals surface area contributed by atoms with Gasteiger partial charge in [-0.3, -0.25) is 23.9 Å². The molecule has 2 saturated heterocycles. The van der Waals surface area contributed by atoms with E-state index in [1.165, 1.54) is 11.1 Å². The Balaban J connectivity index is 0.722. The summed E-state index contributed by atoms with van der Waals surface area (Å²) in [6.07, 6.45) is 0.599. The standard InChI is InChI=1S/C54H61F3N8O11S2/c1-32-49(77-31-61-32)35-7-5-33(6-8-35)25-60-52(69)44-24-38(66)29-65(44)53(70)50(54(2,3)4)62-45(67)30-75-20-19-73-17-18-74-21-22-76-39-11-9-34(10-12-39)36-23-40-41(27-59-51(40)58-26-36)48(68)46-42(56)13-14-43(47(46)57)63-78(71,72)64-16-15-37(55)28-64/h5-14,23,26-27,31,37-38,44,50,63,66H,15-22,24-25,28-30H2,1-4H3,(H,58,59)(H,60,69)(H,62,67)/t37-,38-,44+,50-/m1/s1. The summed E-state index contributed by atoms with van der Waals surface area (Å²) < 4.78 is 95.4. The molecule has 2 aliphatic heterocycles. The number of benzene rings is 3. The summed E-state index contributed by atoms with van der Waals surface area (Å²) in [6.45, 7) is 7.90. The number of ether oxygens (including phenoxy) is 4. The minimum atomic E-state index is -4.38. The Labute approximate surface area is 453 Å². The maximum atomic E-state index is 15.7. The topological polar surface area (TPSA) is 244 Å². The lowest BCUT2D eigenvalue weighted by Gasteiger charge is -2.35. The van der Waals surface area contributed by atoms with Crippen LogP contribution in [0.1, 0.15) is 60.8 Å². The minimum absolute atomic E-state index is 0.0174. The van der Waals surface area contributed by atoms with Crippen LogP contribution in [0.2, 0.25) is 0 Å². The van der Waals surface area contributed by atoms with Crippen molar-refractivity contribution in [2.45, 2.75) is 71.4 Å². The number of hydrogen-bond donors (Lipinski definition) is 5. The molecule has 416 valence electrons. The number of rotatable bonds is 24. The molecule has 3 amide bonds. The lowest BCUT2D eigenvalue weighted by atomic mass is 9.85. The van der Waals surface area contributed by atoms with Crippen molar-refractivity contribution in [3.8, 4) is 27.3 Å². The number of H-pyrrole nitrogens is 1. The fourth-order valence-corrected chi connectivity index (χ4v) is 11.1. The highest BCUT2D eigenvalue weighted by molar-refractivity contribution is 7.90. The van der Waals surface area contributed by atoms with Gasteiger partial charge in [0.15, 0.2) is 5.82 Å². The van der Waals surface area contributed by atoms with Gasteiger partial charge in [0.05, 0.1) is 66.5 Å². The number of aliphatic hydroxyl groups is 1. The third kappa shape index (κ3) is 14.1. The Morgan fingerprint density at radius 1 is 0.897 bits per heavy atom. The van der Waals surface area contributed by atoms with E-state index in [4.69, 9.17) is 18.9 Å². The van der Waals surface area contributed by atoms with E-state index in [1.54, 1.807) is 74.1 Å². The fraction of sp³-hybridized carbons (Fsp3) is 0.407. The van der Waals surface area contributed by atoms with Crippen molar-refractivity contribution in [2.75, 3.05) is 70.6 Å². The van der Waals surface area contributed by atoms with Gasteiger partial charge in [0.25, 0.3) is 0 Å². The zero-order valence-electron chi connectivity index (χ0n) is 43.4. The number of β-amino-alcohol motifs (C(OH)–C–C–N with tert-alkyl or cyclic N) is 1. The summed E-state index contributed by atoms with van der Waals surface area (Å²) in [4.78, 5) is 68.0. The summed E-state index contributed by atoms with van der Waals surface area (Å²) in [5, 5.41) is 16.5.